The number of nitrogens with zero attached hydrogens (tertiary/aromatic N) is 4. The number of nitrogens with one attached hydrogen (secondary N) is 1. The standard InChI is InChI=1S/C23H22FN5O3/c1-13-18(14(2)32-27-13)12-29-20-9-16(10-25-22(20)26-11-21(29)30)23(31)28-8-7-19(28)15-3-5-17(24)6-4-15/h3-6,9-10,19H,7-8,11-12H2,1-2H3,(H,25,26). The maximum absolute atomic E-state index is 13.3. The highest BCUT2D eigenvalue weighted by Crippen LogP contribution is 2.36. The van der Waals surface area contributed by atoms with Crippen molar-refractivity contribution in [1.82, 2.24) is 15.0 Å². The summed E-state index contributed by atoms with van der Waals surface area (Å²) in [5.41, 5.74) is 3.40. The van der Waals surface area contributed by atoms with Gasteiger partial charge in [0.2, 0.25) is 5.91 Å². The number of pyridine rings is 1. The van der Waals surface area contributed by atoms with E-state index in [0.29, 0.717) is 29.4 Å². The van der Waals surface area contributed by atoms with Gasteiger partial charge in [-0.05, 0) is 44.0 Å². The zero-order valence-electron chi connectivity index (χ0n) is 17.8. The molecular weight excluding hydrogens is 413 g/mol. The largest absolute Gasteiger partial charge is 0.361 e. The van der Waals surface area contributed by atoms with Crippen LogP contribution in [0.2, 0.25) is 0 Å². The number of amides is 2. The average Bonchev–Trinajstić information content (AvgIpc) is 3.08. The Kier molecular flexibility index (Phi) is 4.88. The number of benzene rings is 1. The first-order valence-electron chi connectivity index (χ1n) is 10.4. The van der Waals surface area contributed by atoms with Gasteiger partial charge in [0.25, 0.3) is 5.91 Å². The smallest absolute Gasteiger partial charge is 0.256 e. The van der Waals surface area contributed by atoms with Crippen LogP contribution >= 0.6 is 0 Å². The van der Waals surface area contributed by atoms with Crippen LogP contribution in [0, 0.1) is 19.7 Å². The van der Waals surface area contributed by atoms with Gasteiger partial charge < -0.3 is 19.6 Å². The summed E-state index contributed by atoms with van der Waals surface area (Å²) in [4.78, 5) is 33.7. The van der Waals surface area contributed by atoms with Crippen LogP contribution in [0.4, 0.5) is 15.9 Å². The predicted octanol–water partition coefficient (Wildman–Crippen LogP) is 3.37. The van der Waals surface area contributed by atoms with Crippen LogP contribution < -0.4 is 10.2 Å². The third kappa shape index (κ3) is 3.39. The molecule has 2 aliphatic heterocycles. The van der Waals surface area contributed by atoms with Crippen molar-refractivity contribution in [2.45, 2.75) is 32.9 Å². The second-order valence-electron chi connectivity index (χ2n) is 8.08. The third-order valence-electron chi connectivity index (χ3n) is 6.15. The van der Waals surface area contributed by atoms with Crippen molar-refractivity contribution in [3.63, 3.8) is 0 Å². The average molecular weight is 435 g/mol. The first-order chi connectivity index (χ1) is 15.4. The first-order valence-corrected chi connectivity index (χ1v) is 10.4. The number of rotatable bonds is 4. The Bertz CT molecular complexity index is 1190. The minimum absolute atomic E-state index is 0.0997. The van der Waals surface area contributed by atoms with Crippen LogP contribution in [0.5, 0.6) is 0 Å². The molecule has 4 heterocycles. The number of carbonyl (C=O) groups is 2. The lowest BCUT2D eigenvalue weighted by Gasteiger charge is -2.41. The number of aryl methyl sites for hydroxylation is 2. The van der Waals surface area contributed by atoms with E-state index in [-0.39, 0.29) is 36.8 Å². The van der Waals surface area contributed by atoms with Gasteiger partial charge in [-0.1, -0.05) is 17.3 Å². The summed E-state index contributed by atoms with van der Waals surface area (Å²) in [7, 11) is 0. The van der Waals surface area contributed by atoms with E-state index < -0.39 is 0 Å². The minimum atomic E-state index is -0.305. The van der Waals surface area contributed by atoms with E-state index >= 15 is 0 Å². The summed E-state index contributed by atoms with van der Waals surface area (Å²) in [5, 5.41) is 6.98. The van der Waals surface area contributed by atoms with Crippen LogP contribution in [0.3, 0.4) is 0 Å². The second kappa shape index (κ2) is 7.74. The van der Waals surface area contributed by atoms with E-state index in [1.54, 1.807) is 34.9 Å². The molecule has 3 aromatic rings. The molecule has 1 saturated heterocycles. The van der Waals surface area contributed by atoms with Crippen molar-refractivity contribution in [3.8, 4) is 0 Å². The van der Waals surface area contributed by atoms with Crippen molar-refractivity contribution in [1.29, 1.82) is 0 Å². The number of carbonyl (C=O) groups excluding carboxylic acids is 2. The van der Waals surface area contributed by atoms with Crippen molar-refractivity contribution < 1.29 is 18.5 Å². The molecular formula is C23H22FN5O3. The highest BCUT2D eigenvalue weighted by molar-refractivity contribution is 6.04. The molecule has 5 rings (SSSR count). The van der Waals surface area contributed by atoms with E-state index in [0.717, 1.165) is 23.2 Å². The zero-order valence-corrected chi connectivity index (χ0v) is 17.8. The van der Waals surface area contributed by atoms with Crippen LogP contribution in [-0.2, 0) is 11.3 Å². The molecule has 0 saturated carbocycles. The maximum Gasteiger partial charge on any atom is 0.256 e. The van der Waals surface area contributed by atoms with Crippen LogP contribution in [0.1, 0.15) is 45.4 Å². The molecule has 0 spiro atoms. The van der Waals surface area contributed by atoms with Crippen LogP contribution in [-0.4, -0.2) is 39.9 Å². The number of halogens is 1. The van der Waals surface area contributed by atoms with Gasteiger partial charge in [-0.25, -0.2) is 9.37 Å². The number of hydrogen-bond acceptors (Lipinski definition) is 6. The summed E-state index contributed by atoms with van der Waals surface area (Å²) >= 11 is 0. The SMILES string of the molecule is Cc1noc(C)c1CN1C(=O)CNc2ncc(C(=O)N3CCC3c3ccc(F)cc3)cc21. The Morgan fingerprint density at radius 2 is 2.06 bits per heavy atom. The highest BCUT2D eigenvalue weighted by Gasteiger charge is 2.35. The molecule has 1 fully saturated rings. The number of anilines is 2. The van der Waals surface area contributed by atoms with Gasteiger partial charge in [-0.3, -0.25) is 9.59 Å². The summed E-state index contributed by atoms with van der Waals surface area (Å²) < 4.78 is 18.5. The van der Waals surface area contributed by atoms with Gasteiger partial charge >= 0.3 is 0 Å². The topological polar surface area (TPSA) is 91.6 Å². The van der Waals surface area contributed by atoms with Gasteiger partial charge in [0.05, 0.1) is 36.1 Å². The van der Waals surface area contributed by atoms with E-state index in [1.807, 2.05) is 6.92 Å². The summed E-state index contributed by atoms with van der Waals surface area (Å²) in [5.74, 6) is 0.596. The predicted molar refractivity (Wildman–Crippen MR) is 115 cm³/mol. The molecule has 1 atom stereocenters. The van der Waals surface area contributed by atoms with Gasteiger partial charge in [-0.2, -0.15) is 0 Å². The van der Waals surface area contributed by atoms with Crippen molar-refractivity contribution in [3.05, 3.63) is 70.5 Å². The Balaban J connectivity index is 1.43. The van der Waals surface area contributed by atoms with Gasteiger partial charge in [0.15, 0.2) is 5.82 Å². The molecule has 8 nitrogen and oxygen atoms in total. The Morgan fingerprint density at radius 1 is 1.28 bits per heavy atom. The lowest BCUT2D eigenvalue weighted by Crippen LogP contribution is -2.45. The third-order valence-corrected chi connectivity index (χ3v) is 6.15. The van der Waals surface area contributed by atoms with Crippen molar-refractivity contribution in [2.75, 3.05) is 23.3 Å². The normalized spacial score (nSPS) is 17.6. The summed E-state index contributed by atoms with van der Waals surface area (Å²) in [6.45, 7) is 4.65. The molecule has 1 N–H and O–H groups in total. The van der Waals surface area contributed by atoms with Gasteiger partial charge in [0.1, 0.15) is 11.6 Å². The molecule has 32 heavy (non-hydrogen) atoms. The van der Waals surface area contributed by atoms with E-state index in [1.165, 1.54) is 18.3 Å². The zero-order chi connectivity index (χ0) is 22.4. The second-order valence-corrected chi connectivity index (χ2v) is 8.08. The highest BCUT2D eigenvalue weighted by atomic mass is 19.1. The van der Waals surface area contributed by atoms with Crippen LogP contribution in [0.25, 0.3) is 0 Å². The molecule has 2 aliphatic rings. The fourth-order valence-corrected chi connectivity index (χ4v) is 4.19. The lowest BCUT2D eigenvalue weighted by atomic mass is 9.93. The van der Waals surface area contributed by atoms with Crippen LogP contribution in [0.15, 0.2) is 41.1 Å². The maximum atomic E-state index is 13.3. The molecule has 1 aromatic carbocycles. The molecule has 1 unspecified atom stereocenters. The minimum Gasteiger partial charge on any atom is -0.361 e. The number of fused-ring (bicyclic) bond motifs is 1. The molecule has 2 aromatic heterocycles. The molecule has 0 aliphatic carbocycles. The Hall–Kier alpha value is -3.75. The van der Waals surface area contributed by atoms with E-state index in [2.05, 4.69) is 15.5 Å². The number of hydrogen-bond donors (Lipinski definition) is 1. The quantitative estimate of drug-likeness (QED) is 0.676. The molecule has 2 amide bonds. The molecule has 0 radical (unpaired) electrons. The van der Waals surface area contributed by atoms with Crippen molar-refractivity contribution in [2.24, 2.45) is 0 Å². The fraction of sp³-hybridized carbons (Fsp3) is 0.304. The van der Waals surface area contributed by atoms with E-state index in [9.17, 15) is 14.0 Å². The first kappa shape index (κ1) is 20.2. The molecule has 9 heteroatoms. The number of likely N-dealkylation sites (tertiary alicyclic amines) is 1. The van der Waals surface area contributed by atoms with Gasteiger partial charge in [-0.15, -0.1) is 0 Å². The lowest BCUT2D eigenvalue weighted by molar-refractivity contribution is -0.117. The molecule has 164 valence electrons. The summed E-state index contributed by atoms with van der Waals surface area (Å²) in [6.07, 6.45) is 2.34. The summed E-state index contributed by atoms with van der Waals surface area (Å²) in [6, 6.07) is 7.82. The fourth-order valence-electron chi connectivity index (χ4n) is 4.19. The number of aromatic nitrogens is 2. The van der Waals surface area contributed by atoms with Gasteiger partial charge in [0, 0.05) is 18.3 Å². The Morgan fingerprint density at radius 3 is 2.72 bits per heavy atom. The molecule has 0 bridgehead atoms. The monoisotopic (exact) mass is 435 g/mol. The van der Waals surface area contributed by atoms with Crippen molar-refractivity contribution >= 4 is 23.3 Å². The Labute approximate surface area is 184 Å². The van der Waals surface area contributed by atoms with E-state index in [4.69, 9.17) is 4.52 Å².